The number of amides is 1. The molecule has 5 heteroatoms. The van der Waals surface area contributed by atoms with Crippen molar-refractivity contribution in [3.8, 4) is 5.75 Å². The average molecular weight is 264 g/mol. The number of anilines is 1. The Kier molecular flexibility index (Phi) is 4.07. The molecule has 1 aromatic rings. The normalized spacial score (nSPS) is 19.9. The minimum Gasteiger partial charge on any atom is -0.479 e. The molecule has 0 saturated heterocycles. The Morgan fingerprint density at radius 3 is 2.89 bits per heavy atom. The Balaban J connectivity index is 2.42. The van der Waals surface area contributed by atoms with E-state index in [1.165, 1.54) is 0 Å². The maximum Gasteiger partial charge on any atom is 0.267 e. The zero-order chi connectivity index (χ0) is 14.0. The number of nitrogens with zero attached hydrogens (tertiary/aromatic N) is 1. The van der Waals surface area contributed by atoms with Crippen LogP contribution in [0.3, 0.4) is 0 Å². The highest BCUT2D eigenvalue weighted by Gasteiger charge is 2.31. The Hall–Kier alpha value is -1.59. The molecule has 2 rings (SSSR count). The van der Waals surface area contributed by atoms with Crippen LogP contribution in [0.15, 0.2) is 18.2 Å². The van der Waals surface area contributed by atoms with Crippen LogP contribution in [0, 0.1) is 0 Å². The lowest BCUT2D eigenvalue weighted by Crippen LogP contribution is -2.45. The molecular formula is C14H20N2O3. The first-order chi connectivity index (χ1) is 9.08. The van der Waals surface area contributed by atoms with Gasteiger partial charge >= 0.3 is 0 Å². The van der Waals surface area contributed by atoms with Gasteiger partial charge in [0, 0.05) is 12.6 Å². The number of rotatable bonds is 4. The van der Waals surface area contributed by atoms with Crippen LogP contribution >= 0.6 is 0 Å². The van der Waals surface area contributed by atoms with Crippen LogP contribution in [-0.4, -0.2) is 30.3 Å². The SMILES string of the molecule is CCC(N)c1ccc2c(c1)N(CCO)C(=O)C(C)O2. The van der Waals surface area contributed by atoms with E-state index < -0.39 is 6.10 Å². The maximum atomic E-state index is 12.1. The number of ether oxygens (including phenoxy) is 1. The van der Waals surface area contributed by atoms with E-state index in [0.717, 1.165) is 12.0 Å². The minimum absolute atomic E-state index is 0.0595. The fraction of sp³-hybridized carbons (Fsp3) is 0.500. The van der Waals surface area contributed by atoms with Gasteiger partial charge in [-0.05, 0) is 31.0 Å². The fourth-order valence-corrected chi connectivity index (χ4v) is 2.22. The zero-order valence-electron chi connectivity index (χ0n) is 11.3. The second-order valence-corrected chi connectivity index (χ2v) is 4.72. The Labute approximate surface area is 113 Å². The van der Waals surface area contributed by atoms with Crippen molar-refractivity contribution in [3.63, 3.8) is 0 Å². The van der Waals surface area contributed by atoms with E-state index in [0.29, 0.717) is 11.4 Å². The van der Waals surface area contributed by atoms with Crippen molar-refractivity contribution in [2.75, 3.05) is 18.1 Å². The van der Waals surface area contributed by atoms with E-state index in [1.807, 2.05) is 25.1 Å². The van der Waals surface area contributed by atoms with Crippen LogP contribution in [0.2, 0.25) is 0 Å². The van der Waals surface area contributed by atoms with Gasteiger partial charge < -0.3 is 20.5 Å². The number of fused-ring (bicyclic) bond motifs is 1. The van der Waals surface area contributed by atoms with Crippen LogP contribution in [0.25, 0.3) is 0 Å². The minimum atomic E-state index is -0.523. The quantitative estimate of drug-likeness (QED) is 0.857. The van der Waals surface area contributed by atoms with Crippen molar-refractivity contribution < 1.29 is 14.6 Å². The summed E-state index contributed by atoms with van der Waals surface area (Å²) in [5.74, 6) is 0.524. The van der Waals surface area contributed by atoms with E-state index in [4.69, 9.17) is 15.6 Å². The molecule has 1 aliphatic rings. The zero-order valence-corrected chi connectivity index (χ0v) is 11.3. The van der Waals surface area contributed by atoms with Gasteiger partial charge in [0.1, 0.15) is 5.75 Å². The first-order valence-electron chi connectivity index (χ1n) is 6.57. The maximum absolute atomic E-state index is 12.1. The molecule has 104 valence electrons. The van der Waals surface area contributed by atoms with Crippen molar-refractivity contribution in [2.45, 2.75) is 32.4 Å². The van der Waals surface area contributed by atoms with Crippen LogP contribution < -0.4 is 15.4 Å². The van der Waals surface area contributed by atoms with Crippen LogP contribution in [-0.2, 0) is 4.79 Å². The molecule has 2 atom stereocenters. The lowest BCUT2D eigenvalue weighted by atomic mass is 10.0. The molecule has 1 aliphatic heterocycles. The summed E-state index contributed by atoms with van der Waals surface area (Å²) in [5.41, 5.74) is 7.68. The first-order valence-corrected chi connectivity index (χ1v) is 6.57. The molecule has 0 saturated carbocycles. The molecule has 19 heavy (non-hydrogen) atoms. The molecule has 1 amide bonds. The van der Waals surface area contributed by atoms with Crippen LogP contribution in [0.1, 0.15) is 31.9 Å². The summed E-state index contributed by atoms with van der Waals surface area (Å²) >= 11 is 0. The number of aliphatic hydroxyl groups is 1. The monoisotopic (exact) mass is 264 g/mol. The summed E-state index contributed by atoms with van der Waals surface area (Å²) < 4.78 is 5.58. The summed E-state index contributed by atoms with van der Waals surface area (Å²) in [7, 11) is 0. The van der Waals surface area contributed by atoms with E-state index in [-0.39, 0.29) is 25.1 Å². The van der Waals surface area contributed by atoms with Gasteiger partial charge in [0.05, 0.1) is 12.3 Å². The first kappa shape index (κ1) is 13.8. The van der Waals surface area contributed by atoms with Gasteiger partial charge in [0.25, 0.3) is 5.91 Å². The van der Waals surface area contributed by atoms with E-state index in [2.05, 4.69) is 0 Å². The topological polar surface area (TPSA) is 75.8 Å². The Morgan fingerprint density at radius 2 is 2.26 bits per heavy atom. The Morgan fingerprint density at radius 1 is 1.53 bits per heavy atom. The number of carbonyl (C=O) groups excluding carboxylic acids is 1. The van der Waals surface area contributed by atoms with Gasteiger partial charge in [-0.2, -0.15) is 0 Å². The molecular weight excluding hydrogens is 244 g/mol. The summed E-state index contributed by atoms with van der Waals surface area (Å²) in [6, 6.07) is 5.58. The van der Waals surface area contributed by atoms with E-state index >= 15 is 0 Å². The molecule has 0 radical (unpaired) electrons. The van der Waals surface area contributed by atoms with E-state index in [9.17, 15) is 4.79 Å². The Bertz CT molecular complexity index is 476. The largest absolute Gasteiger partial charge is 0.479 e. The molecule has 1 heterocycles. The molecule has 3 N–H and O–H groups in total. The summed E-state index contributed by atoms with van der Waals surface area (Å²) in [6.45, 7) is 3.91. The fourth-order valence-electron chi connectivity index (χ4n) is 2.22. The molecule has 0 bridgehead atoms. The highest BCUT2D eigenvalue weighted by molar-refractivity contribution is 5.99. The molecule has 0 fully saturated rings. The number of carbonyl (C=O) groups is 1. The van der Waals surface area contributed by atoms with E-state index in [1.54, 1.807) is 11.8 Å². The van der Waals surface area contributed by atoms with Crippen LogP contribution in [0.5, 0.6) is 5.75 Å². The molecule has 0 aliphatic carbocycles. The molecule has 1 aromatic carbocycles. The smallest absolute Gasteiger partial charge is 0.267 e. The summed E-state index contributed by atoms with van der Waals surface area (Å²) in [4.78, 5) is 13.7. The van der Waals surface area contributed by atoms with Gasteiger partial charge in [-0.1, -0.05) is 13.0 Å². The van der Waals surface area contributed by atoms with Crippen molar-refractivity contribution in [1.29, 1.82) is 0 Å². The standard InChI is InChI=1S/C14H20N2O3/c1-3-11(15)10-4-5-13-12(8-10)16(6-7-17)14(18)9(2)19-13/h4-5,8-9,11,17H,3,6-7,15H2,1-2H3. The lowest BCUT2D eigenvalue weighted by molar-refractivity contribution is -0.125. The molecule has 5 nitrogen and oxygen atoms in total. The number of hydrogen-bond acceptors (Lipinski definition) is 4. The molecule has 2 unspecified atom stereocenters. The van der Waals surface area contributed by atoms with Crippen molar-refractivity contribution in [3.05, 3.63) is 23.8 Å². The van der Waals surface area contributed by atoms with Crippen molar-refractivity contribution >= 4 is 11.6 Å². The molecule has 0 aromatic heterocycles. The molecule has 0 spiro atoms. The number of nitrogens with two attached hydrogens (primary N) is 1. The predicted molar refractivity (Wildman–Crippen MR) is 73.2 cm³/mol. The van der Waals surface area contributed by atoms with Crippen molar-refractivity contribution in [2.24, 2.45) is 5.73 Å². The number of hydrogen-bond donors (Lipinski definition) is 2. The summed E-state index contributed by atoms with van der Waals surface area (Å²) in [6.07, 6.45) is 0.300. The third-order valence-electron chi connectivity index (χ3n) is 3.38. The number of benzene rings is 1. The number of aliphatic hydroxyl groups excluding tert-OH is 1. The van der Waals surface area contributed by atoms with Crippen LogP contribution in [0.4, 0.5) is 5.69 Å². The average Bonchev–Trinajstić information content (AvgIpc) is 2.42. The third kappa shape index (κ3) is 2.57. The highest BCUT2D eigenvalue weighted by atomic mass is 16.5. The van der Waals surface area contributed by atoms with Gasteiger partial charge in [0.2, 0.25) is 0 Å². The van der Waals surface area contributed by atoms with Gasteiger partial charge in [-0.15, -0.1) is 0 Å². The summed E-state index contributed by atoms with van der Waals surface area (Å²) in [5, 5.41) is 9.11. The van der Waals surface area contributed by atoms with Crippen molar-refractivity contribution in [1.82, 2.24) is 0 Å². The second-order valence-electron chi connectivity index (χ2n) is 4.72. The highest BCUT2D eigenvalue weighted by Crippen LogP contribution is 2.36. The van der Waals surface area contributed by atoms with Gasteiger partial charge in [-0.3, -0.25) is 4.79 Å². The number of β-amino-alcohol motifs (C(OH)–C–C–N with tert-alkyl or cyclic N) is 1. The van der Waals surface area contributed by atoms with Gasteiger partial charge in [-0.25, -0.2) is 0 Å². The third-order valence-corrected chi connectivity index (χ3v) is 3.38. The van der Waals surface area contributed by atoms with Gasteiger partial charge in [0.15, 0.2) is 6.10 Å². The predicted octanol–water partition coefficient (Wildman–Crippen LogP) is 1.20. The second kappa shape index (κ2) is 5.59. The lowest BCUT2D eigenvalue weighted by Gasteiger charge is -2.33.